The van der Waals surface area contributed by atoms with E-state index in [1.54, 1.807) is 0 Å². The number of hydrogen-bond donors (Lipinski definition) is 1. The fraction of sp³-hybridized carbons (Fsp3) is 0.647. The molecule has 0 aliphatic carbocycles. The number of ether oxygens (including phenoxy) is 1. The Morgan fingerprint density at radius 3 is 2.65 bits per heavy atom. The molecule has 1 aliphatic heterocycles. The molecule has 1 unspecified atom stereocenters. The third-order valence-corrected chi connectivity index (χ3v) is 3.99. The molecule has 0 saturated carbocycles. The van der Waals surface area contributed by atoms with Crippen molar-refractivity contribution in [2.45, 2.75) is 33.2 Å². The molecule has 3 nitrogen and oxygen atoms in total. The van der Waals surface area contributed by atoms with Gasteiger partial charge in [0.1, 0.15) is 0 Å². The molecule has 0 aromatic heterocycles. The summed E-state index contributed by atoms with van der Waals surface area (Å²) < 4.78 is 5.45. The monoisotopic (exact) mass is 276 g/mol. The van der Waals surface area contributed by atoms with Crippen LogP contribution < -0.4 is 5.32 Å². The first-order chi connectivity index (χ1) is 9.70. The third-order valence-electron chi connectivity index (χ3n) is 3.99. The quantitative estimate of drug-likeness (QED) is 0.864. The molecular formula is C17H28N2O. The Labute approximate surface area is 123 Å². The summed E-state index contributed by atoms with van der Waals surface area (Å²) in [6.45, 7) is 12.6. The number of aryl methyl sites for hydroxylation is 2. The highest BCUT2D eigenvalue weighted by atomic mass is 16.5. The van der Waals surface area contributed by atoms with Crippen molar-refractivity contribution in [2.75, 3.05) is 39.4 Å². The van der Waals surface area contributed by atoms with E-state index in [1.807, 2.05) is 0 Å². The van der Waals surface area contributed by atoms with E-state index < -0.39 is 0 Å². The molecule has 0 radical (unpaired) electrons. The molecule has 0 spiro atoms. The van der Waals surface area contributed by atoms with Crippen LogP contribution in [0.2, 0.25) is 0 Å². The lowest BCUT2D eigenvalue weighted by atomic mass is 9.98. The molecule has 1 aromatic rings. The van der Waals surface area contributed by atoms with Crippen LogP contribution in [0.1, 0.15) is 36.1 Å². The van der Waals surface area contributed by atoms with Gasteiger partial charge >= 0.3 is 0 Å². The first kappa shape index (κ1) is 15.5. The lowest BCUT2D eigenvalue weighted by Gasteiger charge is -2.31. The third kappa shape index (κ3) is 4.30. The summed E-state index contributed by atoms with van der Waals surface area (Å²) in [4.78, 5) is 2.51. The summed E-state index contributed by atoms with van der Waals surface area (Å²) in [6, 6.07) is 7.23. The number of hydrogen-bond acceptors (Lipinski definition) is 3. The molecule has 1 heterocycles. The highest BCUT2D eigenvalue weighted by Gasteiger charge is 2.19. The van der Waals surface area contributed by atoms with Crippen molar-refractivity contribution in [3.63, 3.8) is 0 Å². The lowest BCUT2D eigenvalue weighted by molar-refractivity contribution is 0.0334. The van der Waals surface area contributed by atoms with Crippen LogP contribution in [0.15, 0.2) is 18.2 Å². The van der Waals surface area contributed by atoms with E-state index in [0.29, 0.717) is 6.04 Å². The van der Waals surface area contributed by atoms with Crippen molar-refractivity contribution >= 4 is 0 Å². The van der Waals surface area contributed by atoms with Crippen LogP contribution in [0.3, 0.4) is 0 Å². The van der Waals surface area contributed by atoms with E-state index in [9.17, 15) is 0 Å². The van der Waals surface area contributed by atoms with Gasteiger partial charge in [-0.1, -0.05) is 30.7 Å². The number of benzene rings is 1. The summed E-state index contributed by atoms with van der Waals surface area (Å²) in [5, 5.41) is 3.71. The smallest absolute Gasteiger partial charge is 0.0594 e. The SMILES string of the molecule is CCCNC(CN1CCOCC1)c1ccc(C)cc1C. The molecule has 2 rings (SSSR count). The maximum atomic E-state index is 5.45. The van der Waals surface area contributed by atoms with Crippen LogP contribution in [0.4, 0.5) is 0 Å². The predicted octanol–water partition coefficient (Wildman–Crippen LogP) is 2.68. The van der Waals surface area contributed by atoms with Crippen LogP contribution in [-0.4, -0.2) is 44.3 Å². The van der Waals surface area contributed by atoms with E-state index >= 15 is 0 Å². The van der Waals surface area contributed by atoms with Crippen LogP contribution in [-0.2, 0) is 4.74 Å². The standard InChI is InChI=1S/C17H28N2O/c1-4-7-18-17(13-19-8-10-20-11-9-19)16-6-5-14(2)12-15(16)3/h5-6,12,17-18H,4,7-11,13H2,1-3H3. The normalized spacial score (nSPS) is 18.1. The van der Waals surface area contributed by atoms with Crippen molar-refractivity contribution in [1.82, 2.24) is 10.2 Å². The molecule has 1 aromatic carbocycles. The zero-order chi connectivity index (χ0) is 14.4. The Hall–Kier alpha value is -0.900. The molecule has 1 saturated heterocycles. The Balaban J connectivity index is 2.08. The van der Waals surface area contributed by atoms with Crippen LogP contribution in [0, 0.1) is 13.8 Å². The molecule has 20 heavy (non-hydrogen) atoms. The van der Waals surface area contributed by atoms with Gasteiger partial charge in [0.25, 0.3) is 0 Å². The molecule has 1 fully saturated rings. The first-order valence-corrected chi connectivity index (χ1v) is 7.81. The highest BCUT2D eigenvalue weighted by molar-refractivity contribution is 5.33. The number of nitrogens with one attached hydrogen (secondary N) is 1. The Morgan fingerprint density at radius 2 is 2.00 bits per heavy atom. The number of morpholine rings is 1. The summed E-state index contributed by atoms with van der Waals surface area (Å²) >= 11 is 0. The van der Waals surface area contributed by atoms with Gasteiger partial charge in [-0.3, -0.25) is 4.90 Å². The number of rotatable bonds is 6. The molecule has 112 valence electrons. The van der Waals surface area contributed by atoms with E-state index in [0.717, 1.165) is 39.4 Å². The second kappa shape index (κ2) is 7.77. The van der Waals surface area contributed by atoms with Crippen molar-refractivity contribution in [2.24, 2.45) is 0 Å². The van der Waals surface area contributed by atoms with Crippen molar-refractivity contribution in [3.05, 3.63) is 34.9 Å². The van der Waals surface area contributed by atoms with Gasteiger partial charge in [0.2, 0.25) is 0 Å². The van der Waals surface area contributed by atoms with Gasteiger partial charge in [-0.2, -0.15) is 0 Å². The Kier molecular flexibility index (Phi) is 6.02. The van der Waals surface area contributed by atoms with Crippen LogP contribution >= 0.6 is 0 Å². The minimum absolute atomic E-state index is 0.425. The first-order valence-electron chi connectivity index (χ1n) is 7.81. The molecule has 1 atom stereocenters. The van der Waals surface area contributed by atoms with E-state index in [-0.39, 0.29) is 0 Å². The van der Waals surface area contributed by atoms with Gasteiger partial charge in [-0.15, -0.1) is 0 Å². The van der Waals surface area contributed by atoms with Gasteiger partial charge in [0.15, 0.2) is 0 Å². The Morgan fingerprint density at radius 1 is 1.25 bits per heavy atom. The van der Waals surface area contributed by atoms with E-state index in [1.165, 1.54) is 23.1 Å². The fourth-order valence-electron chi connectivity index (χ4n) is 2.85. The van der Waals surface area contributed by atoms with Crippen LogP contribution in [0.25, 0.3) is 0 Å². The van der Waals surface area contributed by atoms with Crippen molar-refractivity contribution < 1.29 is 4.74 Å². The van der Waals surface area contributed by atoms with Gasteiger partial charge < -0.3 is 10.1 Å². The topological polar surface area (TPSA) is 24.5 Å². The van der Waals surface area contributed by atoms with Gasteiger partial charge in [0, 0.05) is 25.7 Å². The molecule has 0 bridgehead atoms. The minimum atomic E-state index is 0.425. The molecular weight excluding hydrogens is 248 g/mol. The summed E-state index contributed by atoms with van der Waals surface area (Å²) in [6.07, 6.45) is 1.17. The maximum Gasteiger partial charge on any atom is 0.0594 e. The van der Waals surface area contributed by atoms with Gasteiger partial charge in [0.05, 0.1) is 13.2 Å². The lowest BCUT2D eigenvalue weighted by Crippen LogP contribution is -2.42. The molecule has 1 aliphatic rings. The Bertz CT molecular complexity index is 413. The second-order valence-electron chi connectivity index (χ2n) is 5.78. The summed E-state index contributed by atoms with van der Waals surface area (Å²) in [7, 11) is 0. The zero-order valence-corrected chi connectivity index (χ0v) is 13.1. The molecule has 1 N–H and O–H groups in total. The summed E-state index contributed by atoms with van der Waals surface area (Å²) in [5.41, 5.74) is 4.18. The average molecular weight is 276 g/mol. The van der Waals surface area contributed by atoms with E-state index in [4.69, 9.17) is 4.74 Å². The minimum Gasteiger partial charge on any atom is -0.379 e. The maximum absolute atomic E-state index is 5.45. The van der Waals surface area contributed by atoms with Crippen LogP contribution in [0.5, 0.6) is 0 Å². The van der Waals surface area contributed by atoms with Crippen molar-refractivity contribution in [1.29, 1.82) is 0 Å². The molecule has 0 amide bonds. The number of nitrogens with zero attached hydrogens (tertiary/aromatic N) is 1. The largest absolute Gasteiger partial charge is 0.379 e. The van der Waals surface area contributed by atoms with E-state index in [2.05, 4.69) is 49.2 Å². The molecule has 3 heteroatoms. The van der Waals surface area contributed by atoms with Crippen molar-refractivity contribution in [3.8, 4) is 0 Å². The summed E-state index contributed by atoms with van der Waals surface area (Å²) in [5.74, 6) is 0. The van der Waals surface area contributed by atoms with Gasteiger partial charge in [-0.05, 0) is 37.9 Å². The average Bonchev–Trinajstić information content (AvgIpc) is 2.45. The second-order valence-corrected chi connectivity index (χ2v) is 5.78. The zero-order valence-electron chi connectivity index (χ0n) is 13.1. The van der Waals surface area contributed by atoms with Gasteiger partial charge in [-0.25, -0.2) is 0 Å². The highest BCUT2D eigenvalue weighted by Crippen LogP contribution is 2.20. The fourth-order valence-corrected chi connectivity index (χ4v) is 2.85. The predicted molar refractivity (Wildman–Crippen MR) is 84.2 cm³/mol.